The van der Waals surface area contributed by atoms with Crippen LogP contribution in [0.2, 0.25) is 0 Å². The molecule has 1 aromatic carbocycles. The summed E-state index contributed by atoms with van der Waals surface area (Å²) in [6.45, 7) is 4.54. The van der Waals surface area contributed by atoms with Crippen LogP contribution in [0.4, 0.5) is 0 Å². The second kappa shape index (κ2) is 9.73. The van der Waals surface area contributed by atoms with Crippen molar-refractivity contribution < 1.29 is 9.53 Å². The van der Waals surface area contributed by atoms with Gasteiger partial charge in [0, 0.05) is 23.1 Å². The Bertz CT molecular complexity index is 978. The van der Waals surface area contributed by atoms with Gasteiger partial charge in [-0.25, -0.2) is 4.98 Å². The third kappa shape index (κ3) is 4.58. The van der Waals surface area contributed by atoms with E-state index in [-0.39, 0.29) is 11.9 Å². The van der Waals surface area contributed by atoms with Gasteiger partial charge < -0.3 is 10.1 Å². The molecule has 7 heteroatoms. The molecular formula is C23H27N3O2S2. The summed E-state index contributed by atoms with van der Waals surface area (Å²) in [6, 6.07) is 10.3. The highest BCUT2D eigenvalue weighted by molar-refractivity contribution is 7.17. The maximum absolute atomic E-state index is 13.0. The van der Waals surface area contributed by atoms with Crippen LogP contribution in [0.25, 0.3) is 10.6 Å². The number of thiophene rings is 1. The number of aromatic nitrogens is 1. The zero-order valence-corrected chi connectivity index (χ0v) is 19.0. The average molecular weight is 442 g/mol. The summed E-state index contributed by atoms with van der Waals surface area (Å²) in [7, 11) is 1.71. The molecule has 30 heavy (non-hydrogen) atoms. The Labute approximate surface area is 185 Å². The predicted molar refractivity (Wildman–Crippen MR) is 124 cm³/mol. The summed E-state index contributed by atoms with van der Waals surface area (Å²) >= 11 is 3.10. The summed E-state index contributed by atoms with van der Waals surface area (Å²) in [5.41, 5.74) is 2.99. The number of piperidine rings is 1. The van der Waals surface area contributed by atoms with Crippen LogP contribution in [0.5, 0.6) is 5.75 Å². The molecule has 1 N–H and O–H groups in total. The van der Waals surface area contributed by atoms with Gasteiger partial charge in [-0.3, -0.25) is 9.69 Å². The number of rotatable bonds is 7. The topological polar surface area (TPSA) is 54.5 Å². The van der Waals surface area contributed by atoms with Gasteiger partial charge in [0.25, 0.3) is 5.91 Å². The first-order valence-corrected chi connectivity index (χ1v) is 12.1. The number of benzene rings is 1. The minimum atomic E-state index is -0.0524. The number of carbonyl (C=O) groups is 1. The molecule has 3 heterocycles. The van der Waals surface area contributed by atoms with E-state index >= 15 is 0 Å². The second-order valence-corrected chi connectivity index (χ2v) is 9.29. The van der Waals surface area contributed by atoms with Crippen LogP contribution in [0.3, 0.4) is 0 Å². The van der Waals surface area contributed by atoms with Crippen LogP contribution < -0.4 is 10.1 Å². The van der Waals surface area contributed by atoms with E-state index in [2.05, 4.69) is 26.6 Å². The minimum absolute atomic E-state index is 0.0524. The summed E-state index contributed by atoms with van der Waals surface area (Å²) in [5, 5.41) is 8.18. The number of hydrogen-bond donors (Lipinski definition) is 1. The van der Waals surface area contributed by atoms with Crippen molar-refractivity contribution in [3.63, 3.8) is 0 Å². The Hall–Kier alpha value is -2.22. The highest BCUT2D eigenvalue weighted by atomic mass is 32.1. The molecule has 5 nitrogen and oxygen atoms in total. The van der Waals surface area contributed by atoms with Crippen LogP contribution in [-0.2, 0) is 0 Å². The molecule has 1 amide bonds. The number of amides is 1. The molecule has 3 aromatic rings. The van der Waals surface area contributed by atoms with Crippen molar-refractivity contribution in [3.8, 4) is 16.3 Å². The van der Waals surface area contributed by atoms with Crippen molar-refractivity contribution in [3.05, 3.63) is 57.2 Å². The van der Waals surface area contributed by atoms with E-state index in [1.165, 1.54) is 30.6 Å². The first-order chi connectivity index (χ1) is 14.7. The van der Waals surface area contributed by atoms with E-state index in [9.17, 15) is 4.79 Å². The fourth-order valence-electron chi connectivity index (χ4n) is 3.99. The third-order valence-corrected chi connectivity index (χ3v) is 7.44. The van der Waals surface area contributed by atoms with Gasteiger partial charge in [-0.05, 0) is 50.4 Å². The standard InChI is InChI=1S/C23H27N3O2S2/c1-16-21(30-23(25-16)17-10-13-29-15-17)22(27)24-14-19(26-11-6-3-7-12-26)18-8-4-5-9-20(18)28-2/h4-5,8-10,13,15,19H,3,6-7,11-12,14H2,1-2H3,(H,24,27). The van der Waals surface area contributed by atoms with Gasteiger partial charge in [-0.15, -0.1) is 11.3 Å². The van der Waals surface area contributed by atoms with Crippen molar-refractivity contribution >= 4 is 28.6 Å². The molecule has 1 aliphatic heterocycles. The van der Waals surface area contributed by atoms with Crippen LogP contribution in [0.1, 0.15) is 46.2 Å². The minimum Gasteiger partial charge on any atom is -0.496 e. The van der Waals surface area contributed by atoms with Crippen LogP contribution in [0.15, 0.2) is 41.1 Å². The molecule has 0 bridgehead atoms. The zero-order chi connectivity index (χ0) is 20.9. The number of aryl methyl sites for hydroxylation is 1. The smallest absolute Gasteiger partial charge is 0.263 e. The molecule has 158 valence electrons. The molecule has 1 unspecified atom stereocenters. The quantitative estimate of drug-likeness (QED) is 0.551. The van der Waals surface area contributed by atoms with Gasteiger partial charge in [0.05, 0.1) is 18.8 Å². The average Bonchev–Trinajstić information content (AvgIpc) is 3.44. The highest BCUT2D eigenvalue weighted by Gasteiger charge is 2.26. The van der Waals surface area contributed by atoms with Gasteiger partial charge in [-0.2, -0.15) is 11.3 Å². The number of nitrogens with zero attached hydrogens (tertiary/aromatic N) is 2. The third-order valence-electron chi connectivity index (χ3n) is 5.56. The molecule has 0 aliphatic carbocycles. The van der Waals surface area contributed by atoms with Gasteiger partial charge in [0.2, 0.25) is 0 Å². The fraction of sp³-hybridized carbons (Fsp3) is 0.391. The number of methoxy groups -OCH3 is 1. The predicted octanol–water partition coefficient (Wildman–Crippen LogP) is 5.15. The normalized spacial score (nSPS) is 15.7. The number of thiazole rings is 1. The number of hydrogen-bond acceptors (Lipinski definition) is 6. The Morgan fingerprint density at radius 3 is 2.77 bits per heavy atom. The molecule has 0 saturated carbocycles. The van der Waals surface area contributed by atoms with E-state index in [1.807, 2.05) is 36.6 Å². The van der Waals surface area contributed by atoms with Crippen LogP contribution in [-0.4, -0.2) is 42.5 Å². The van der Waals surface area contributed by atoms with Gasteiger partial charge in [-0.1, -0.05) is 24.6 Å². The van der Waals surface area contributed by atoms with Crippen molar-refractivity contribution in [1.29, 1.82) is 0 Å². The van der Waals surface area contributed by atoms with E-state index in [0.717, 1.165) is 40.7 Å². The van der Waals surface area contributed by atoms with Crippen molar-refractivity contribution in [2.45, 2.75) is 32.2 Å². The number of likely N-dealkylation sites (tertiary alicyclic amines) is 1. The second-order valence-electron chi connectivity index (χ2n) is 7.51. The monoisotopic (exact) mass is 441 g/mol. The molecule has 1 saturated heterocycles. The molecule has 0 spiro atoms. The van der Waals surface area contributed by atoms with Crippen molar-refractivity contribution in [2.24, 2.45) is 0 Å². The summed E-state index contributed by atoms with van der Waals surface area (Å²) < 4.78 is 5.63. The SMILES string of the molecule is COc1ccccc1C(CNC(=O)c1sc(-c2ccsc2)nc1C)N1CCCCC1. The molecular weight excluding hydrogens is 414 g/mol. The van der Waals surface area contributed by atoms with Crippen molar-refractivity contribution in [2.75, 3.05) is 26.7 Å². The summed E-state index contributed by atoms with van der Waals surface area (Å²) in [4.78, 5) is 20.8. The Kier molecular flexibility index (Phi) is 6.82. The maximum Gasteiger partial charge on any atom is 0.263 e. The van der Waals surface area contributed by atoms with E-state index in [0.29, 0.717) is 11.4 Å². The molecule has 2 aromatic heterocycles. The van der Waals surface area contributed by atoms with Gasteiger partial charge >= 0.3 is 0 Å². The molecule has 1 fully saturated rings. The lowest BCUT2D eigenvalue weighted by Gasteiger charge is -2.35. The van der Waals surface area contributed by atoms with Crippen LogP contribution >= 0.6 is 22.7 Å². The Morgan fingerprint density at radius 1 is 1.23 bits per heavy atom. The van der Waals surface area contributed by atoms with Crippen molar-refractivity contribution in [1.82, 2.24) is 15.2 Å². The molecule has 1 aliphatic rings. The lowest BCUT2D eigenvalue weighted by Crippen LogP contribution is -2.40. The Balaban J connectivity index is 1.53. The summed E-state index contributed by atoms with van der Waals surface area (Å²) in [6.07, 6.45) is 3.65. The molecule has 0 radical (unpaired) electrons. The zero-order valence-electron chi connectivity index (χ0n) is 17.4. The molecule has 4 rings (SSSR count). The Morgan fingerprint density at radius 2 is 2.03 bits per heavy atom. The molecule has 1 atom stereocenters. The van der Waals surface area contributed by atoms with E-state index in [4.69, 9.17) is 4.74 Å². The first-order valence-electron chi connectivity index (χ1n) is 10.3. The van der Waals surface area contributed by atoms with Crippen LogP contribution in [0, 0.1) is 6.92 Å². The van der Waals surface area contributed by atoms with E-state index < -0.39 is 0 Å². The number of nitrogens with one attached hydrogen (secondary N) is 1. The number of para-hydroxylation sites is 1. The summed E-state index contributed by atoms with van der Waals surface area (Å²) in [5.74, 6) is 0.819. The van der Waals surface area contributed by atoms with Gasteiger partial charge in [0.1, 0.15) is 15.6 Å². The van der Waals surface area contributed by atoms with E-state index in [1.54, 1.807) is 18.4 Å². The number of ether oxygens (including phenoxy) is 1. The number of carbonyl (C=O) groups excluding carboxylic acids is 1. The lowest BCUT2D eigenvalue weighted by molar-refractivity contribution is 0.0926. The van der Waals surface area contributed by atoms with Gasteiger partial charge in [0.15, 0.2) is 0 Å². The highest BCUT2D eigenvalue weighted by Crippen LogP contribution is 2.32. The first kappa shape index (κ1) is 21.0. The largest absolute Gasteiger partial charge is 0.496 e. The lowest BCUT2D eigenvalue weighted by atomic mass is 10.0. The fourth-order valence-corrected chi connectivity index (χ4v) is 5.69. The maximum atomic E-state index is 13.0.